The Morgan fingerprint density at radius 3 is 2.75 bits per heavy atom. The minimum Gasteiger partial charge on any atom is -0.480 e. The molecule has 0 bridgehead atoms. The van der Waals surface area contributed by atoms with Crippen molar-refractivity contribution in [3.63, 3.8) is 0 Å². The molecule has 1 aromatic carbocycles. The third-order valence-electron chi connectivity index (χ3n) is 2.83. The predicted molar refractivity (Wildman–Crippen MR) is 64.7 cm³/mol. The highest BCUT2D eigenvalue weighted by molar-refractivity contribution is 7.89. The number of halogens is 1. The summed E-state index contributed by atoms with van der Waals surface area (Å²) in [5.74, 6) is -2.76. The van der Waals surface area contributed by atoms with Gasteiger partial charge in [-0.1, -0.05) is 6.07 Å². The van der Waals surface area contributed by atoms with Crippen molar-refractivity contribution < 1.29 is 27.5 Å². The molecular formula is C11H11FN2O5S. The maximum absolute atomic E-state index is 13.1. The SMILES string of the molecule is O=C1CN(S(=O)(=O)c2cccc(F)c2)C(C(=O)O)CN1. The van der Waals surface area contributed by atoms with E-state index in [4.69, 9.17) is 5.11 Å². The van der Waals surface area contributed by atoms with Crippen molar-refractivity contribution in [1.82, 2.24) is 9.62 Å². The lowest BCUT2D eigenvalue weighted by atomic mass is 10.2. The van der Waals surface area contributed by atoms with Crippen molar-refractivity contribution in [3.05, 3.63) is 30.1 Å². The Bertz CT molecular complexity index is 661. The van der Waals surface area contributed by atoms with E-state index < -0.39 is 45.2 Å². The van der Waals surface area contributed by atoms with Gasteiger partial charge in [-0.25, -0.2) is 12.8 Å². The number of aliphatic carboxylic acids is 1. The molecule has 1 atom stereocenters. The number of nitrogens with one attached hydrogen (secondary N) is 1. The monoisotopic (exact) mass is 302 g/mol. The van der Waals surface area contributed by atoms with Crippen molar-refractivity contribution in [2.45, 2.75) is 10.9 Å². The van der Waals surface area contributed by atoms with Crippen LogP contribution < -0.4 is 5.32 Å². The number of rotatable bonds is 3. The Hall–Kier alpha value is -2.00. The summed E-state index contributed by atoms with van der Waals surface area (Å²) in [6.45, 7) is -0.946. The van der Waals surface area contributed by atoms with Gasteiger partial charge in [0.2, 0.25) is 15.9 Å². The second-order valence-corrected chi connectivity index (χ2v) is 6.06. The maximum atomic E-state index is 13.1. The highest BCUT2D eigenvalue weighted by Crippen LogP contribution is 2.20. The fourth-order valence-electron chi connectivity index (χ4n) is 1.85. The molecule has 2 rings (SSSR count). The third-order valence-corrected chi connectivity index (χ3v) is 4.68. The molecule has 1 aromatic rings. The zero-order valence-electron chi connectivity index (χ0n) is 10.1. The minimum atomic E-state index is -4.26. The first kappa shape index (κ1) is 14.4. The van der Waals surface area contributed by atoms with Gasteiger partial charge in [-0.3, -0.25) is 9.59 Å². The van der Waals surface area contributed by atoms with Crippen LogP contribution in [0.4, 0.5) is 4.39 Å². The smallest absolute Gasteiger partial charge is 0.323 e. The van der Waals surface area contributed by atoms with Gasteiger partial charge in [0, 0.05) is 6.54 Å². The van der Waals surface area contributed by atoms with E-state index in [2.05, 4.69) is 5.32 Å². The Morgan fingerprint density at radius 2 is 2.15 bits per heavy atom. The molecule has 0 radical (unpaired) electrons. The van der Waals surface area contributed by atoms with Crippen LogP contribution in [0.3, 0.4) is 0 Å². The number of piperazine rings is 1. The lowest BCUT2D eigenvalue weighted by molar-refractivity contribution is -0.143. The van der Waals surface area contributed by atoms with Crippen LogP contribution in [-0.4, -0.2) is 48.8 Å². The van der Waals surface area contributed by atoms with E-state index in [-0.39, 0.29) is 6.54 Å². The molecule has 1 aliphatic rings. The van der Waals surface area contributed by atoms with Gasteiger partial charge in [0.05, 0.1) is 11.4 Å². The number of hydrogen-bond donors (Lipinski definition) is 2. The molecule has 7 nitrogen and oxygen atoms in total. The highest BCUT2D eigenvalue weighted by atomic mass is 32.2. The Balaban J connectivity index is 2.44. The molecule has 1 aliphatic heterocycles. The zero-order chi connectivity index (χ0) is 14.9. The Labute approximate surface area is 114 Å². The molecule has 1 amide bonds. The molecule has 2 N–H and O–H groups in total. The summed E-state index contributed by atoms with van der Waals surface area (Å²) >= 11 is 0. The van der Waals surface area contributed by atoms with Crippen LogP contribution in [0.5, 0.6) is 0 Å². The van der Waals surface area contributed by atoms with E-state index in [0.29, 0.717) is 4.31 Å². The largest absolute Gasteiger partial charge is 0.480 e. The first-order chi connectivity index (χ1) is 9.32. The fourth-order valence-corrected chi connectivity index (χ4v) is 3.42. The summed E-state index contributed by atoms with van der Waals surface area (Å²) in [7, 11) is -4.26. The van der Waals surface area contributed by atoms with Crippen LogP contribution in [0.15, 0.2) is 29.2 Å². The van der Waals surface area contributed by atoms with Crippen molar-refractivity contribution in [1.29, 1.82) is 0 Å². The van der Waals surface area contributed by atoms with Crippen LogP contribution in [0.1, 0.15) is 0 Å². The first-order valence-corrected chi connectivity index (χ1v) is 7.03. The van der Waals surface area contributed by atoms with Crippen molar-refractivity contribution >= 4 is 21.9 Å². The number of carbonyl (C=O) groups excluding carboxylic acids is 1. The van der Waals surface area contributed by atoms with Gasteiger partial charge < -0.3 is 10.4 Å². The lowest BCUT2D eigenvalue weighted by Gasteiger charge is -2.31. The number of sulfonamides is 1. The second kappa shape index (κ2) is 5.17. The van der Waals surface area contributed by atoms with Gasteiger partial charge in [-0.05, 0) is 18.2 Å². The number of nitrogens with zero attached hydrogens (tertiary/aromatic N) is 1. The number of hydrogen-bond acceptors (Lipinski definition) is 4. The molecule has 0 aromatic heterocycles. The van der Waals surface area contributed by atoms with Crippen molar-refractivity contribution in [3.8, 4) is 0 Å². The summed E-state index contributed by atoms with van der Waals surface area (Å²) in [5.41, 5.74) is 0. The van der Waals surface area contributed by atoms with E-state index >= 15 is 0 Å². The summed E-state index contributed by atoms with van der Waals surface area (Å²) in [6.07, 6.45) is 0. The number of amides is 1. The van der Waals surface area contributed by atoms with Crippen molar-refractivity contribution in [2.24, 2.45) is 0 Å². The second-order valence-electron chi connectivity index (χ2n) is 4.17. The van der Waals surface area contributed by atoms with E-state index in [0.717, 1.165) is 18.2 Å². The molecule has 0 spiro atoms. The number of carboxylic acid groups (broad SMARTS) is 1. The molecule has 1 saturated heterocycles. The maximum Gasteiger partial charge on any atom is 0.323 e. The van der Waals surface area contributed by atoms with Gasteiger partial charge in [-0.2, -0.15) is 4.31 Å². The highest BCUT2D eigenvalue weighted by Gasteiger charge is 2.40. The van der Waals surface area contributed by atoms with Gasteiger partial charge in [0.25, 0.3) is 0 Å². The topological polar surface area (TPSA) is 104 Å². The zero-order valence-corrected chi connectivity index (χ0v) is 10.9. The normalized spacial score (nSPS) is 20.4. The Kier molecular flexibility index (Phi) is 3.73. The van der Waals surface area contributed by atoms with Crippen LogP contribution in [0.25, 0.3) is 0 Å². The average Bonchev–Trinajstić information content (AvgIpc) is 2.38. The van der Waals surface area contributed by atoms with Gasteiger partial charge in [-0.15, -0.1) is 0 Å². The van der Waals surface area contributed by atoms with Crippen LogP contribution in [0, 0.1) is 5.82 Å². The molecule has 9 heteroatoms. The van der Waals surface area contributed by atoms with Crippen LogP contribution in [0.2, 0.25) is 0 Å². The Morgan fingerprint density at radius 1 is 1.45 bits per heavy atom. The summed E-state index contributed by atoms with van der Waals surface area (Å²) in [4.78, 5) is 22.0. The van der Waals surface area contributed by atoms with E-state index in [1.54, 1.807) is 0 Å². The third kappa shape index (κ3) is 2.63. The van der Waals surface area contributed by atoms with Crippen LogP contribution in [-0.2, 0) is 19.6 Å². The minimum absolute atomic E-state index is 0.331. The van der Waals surface area contributed by atoms with E-state index in [1.165, 1.54) is 6.07 Å². The van der Waals surface area contributed by atoms with Gasteiger partial charge in [0.15, 0.2) is 0 Å². The molecule has 1 fully saturated rings. The van der Waals surface area contributed by atoms with Gasteiger partial charge in [0.1, 0.15) is 11.9 Å². The predicted octanol–water partition coefficient (Wildman–Crippen LogP) is -0.601. The molecule has 1 heterocycles. The quantitative estimate of drug-likeness (QED) is 0.776. The molecule has 1 unspecified atom stereocenters. The molecule has 0 aliphatic carbocycles. The lowest BCUT2D eigenvalue weighted by Crippen LogP contribution is -2.59. The summed E-state index contributed by atoms with van der Waals surface area (Å²) in [5, 5.41) is 11.3. The molecule has 108 valence electrons. The fraction of sp³-hybridized carbons (Fsp3) is 0.273. The molecule has 20 heavy (non-hydrogen) atoms. The average molecular weight is 302 g/mol. The molecule has 0 saturated carbocycles. The van der Waals surface area contributed by atoms with E-state index in [1.807, 2.05) is 0 Å². The molecular weight excluding hydrogens is 291 g/mol. The standard InChI is InChI=1S/C11H11FN2O5S/c12-7-2-1-3-8(4-7)20(18,19)14-6-10(15)13-5-9(14)11(16)17/h1-4,9H,5-6H2,(H,13,15)(H,16,17). The number of carboxylic acids is 1. The van der Waals surface area contributed by atoms with Crippen LogP contribution >= 0.6 is 0 Å². The summed E-state index contributed by atoms with van der Waals surface area (Å²) < 4.78 is 38.3. The number of benzene rings is 1. The van der Waals surface area contributed by atoms with E-state index in [9.17, 15) is 22.4 Å². The summed E-state index contributed by atoms with van der Waals surface area (Å²) in [6, 6.07) is 2.77. The number of carbonyl (C=O) groups is 2. The first-order valence-electron chi connectivity index (χ1n) is 5.59. The van der Waals surface area contributed by atoms with Gasteiger partial charge >= 0.3 is 5.97 Å². The van der Waals surface area contributed by atoms with Crippen molar-refractivity contribution in [2.75, 3.05) is 13.1 Å².